The van der Waals surface area contributed by atoms with E-state index in [4.69, 9.17) is 16.7 Å². The highest BCUT2D eigenvalue weighted by atomic mass is 35.5. The molecule has 7 heteroatoms. The maximum atomic E-state index is 11.2. The number of aromatic nitrogens is 1. The normalized spacial score (nSPS) is 11.6. The van der Waals surface area contributed by atoms with Gasteiger partial charge in [-0.15, -0.1) is 0 Å². The molecule has 23 heavy (non-hydrogen) atoms. The maximum absolute atomic E-state index is 11.2. The molecule has 0 unspecified atom stereocenters. The summed E-state index contributed by atoms with van der Waals surface area (Å²) in [6.07, 6.45) is 1.72. The van der Waals surface area contributed by atoms with Gasteiger partial charge in [-0.1, -0.05) is 23.7 Å². The summed E-state index contributed by atoms with van der Waals surface area (Å²) in [5.41, 5.74) is 2.70. The van der Waals surface area contributed by atoms with Crippen LogP contribution in [-0.2, 0) is 16.6 Å². The summed E-state index contributed by atoms with van der Waals surface area (Å²) in [4.78, 5) is 4.40. The second kappa shape index (κ2) is 6.16. The predicted molar refractivity (Wildman–Crippen MR) is 91.9 cm³/mol. The monoisotopic (exact) mass is 347 g/mol. The molecule has 3 aromatic rings. The Balaban J connectivity index is 1.82. The van der Waals surface area contributed by atoms with Gasteiger partial charge in [-0.25, -0.2) is 13.6 Å². The fourth-order valence-electron chi connectivity index (χ4n) is 2.27. The van der Waals surface area contributed by atoms with Crippen molar-refractivity contribution in [1.29, 1.82) is 0 Å². The number of anilines is 1. The molecule has 5 nitrogen and oxygen atoms in total. The minimum absolute atomic E-state index is 0.0994. The third-order valence-corrected chi connectivity index (χ3v) is 4.60. The van der Waals surface area contributed by atoms with Crippen molar-refractivity contribution in [3.63, 3.8) is 0 Å². The molecule has 0 amide bonds. The number of pyridine rings is 1. The number of nitrogens with zero attached hydrogens (tertiary/aromatic N) is 1. The average molecular weight is 348 g/mol. The van der Waals surface area contributed by atoms with E-state index in [0.29, 0.717) is 11.6 Å². The number of nitrogens with one attached hydrogen (secondary N) is 1. The number of hydrogen-bond donors (Lipinski definition) is 2. The number of sulfonamides is 1. The molecular formula is C16H14ClN3O2S. The lowest BCUT2D eigenvalue weighted by molar-refractivity contribution is 0.598. The van der Waals surface area contributed by atoms with Gasteiger partial charge in [0.2, 0.25) is 10.0 Å². The number of halogens is 1. The van der Waals surface area contributed by atoms with Crippen LogP contribution in [0, 0.1) is 0 Å². The molecule has 118 valence electrons. The van der Waals surface area contributed by atoms with E-state index in [1.54, 1.807) is 24.4 Å². The van der Waals surface area contributed by atoms with Crippen molar-refractivity contribution in [3.05, 3.63) is 65.3 Å². The summed E-state index contributed by atoms with van der Waals surface area (Å²) in [5.74, 6) is 0. The van der Waals surface area contributed by atoms with Crippen molar-refractivity contribution in [3.8, 4) is 0 Å². The van der Waals surface area contributed by atoms with Gasteiger partial charge in [0.25, 0.3) is 0 Å². The molecule has 1 aromatic heterocycles. The van der Waals surface area contributed by atoms with Crippen LogP contribution in [0.2, 0.25) is 5.02 Å². The Labute approximate surface area is 139 Å². The first-order chi connectivity index (χ1) is 10.9. The molecule has 0 radical (unpaired) electrons. The Hall–Kier alpha value is -2.15. The summed E-state index contributed by atoms with van der Waals surface area (Å²) in [7, 11) is -3.66. The first-order valence-corrected chi connectivity index (χ1v) is 8.76. The van der Waals surface area contributed by atoms with Gasteiger partial charge in [-0.2, -0.15) is 0 Å². The van der Waals surface area contributed by atoms with Crippen LogP contribution in [0.3, 0.4) is 0 Å². The lowest BCUT2D eigenvalue weighted by Gasteiger charge is -2.10. The Morgan fingerprint density at radius 2 is 1.83 bits per heavy atom. The van der Waals surface area contributed by atoms with E-state index < -0.39 is 10.0 Å². The van der Waals surface area contributed by atoms with Crippen LogP contribution in [0.4, 0.5) is 5.69 Å². The van der Waals surface area contributed by atoms with Crippen molar-refractivity contribution in [1.82, 2.24) is 4.98 Å². The van der Waals surface area contributed by atoms with E-state index in [9.17, 15) is 8.42 Å². The van der Waals surface area contributed by atoms with Crippen molar-refractivity contribution >= 4 is 38.2 Å². The molecule has 3 rings (SSSR count). The third-order valence-electron chi connectivity index (χ3n) is 3.44. The molecule has 0 spiro atoms. The highest BCUT2D eigenvalue weighted by molar-refractivity contribution is 7.89. The summed E-state index contributed by atoms with van der Waals surface area (Å²) in [5, 5.41) is 9.97. The summed E-state index contributed by atoms with van der Waals surface area (Å²) >= 11 is 6.04. The van der Waals surface area contributed by atoms with Crippen molar-refractivity contribution in [2.75, 3.05) is 5.32 Å². The highest BCUT2D eigenvalue weighted by Crippen LogP contribution is 2.25. The summed E-state index contributed by atoms with van der Waals surface area (Å²) in [6, 6.07) is 13.8. The van der Waals surface area contributed by atoms with Gasteiger partial charge in [0.15, 0.2) is 0 Å². The van der Waals surface area contributed by atoms with Gasteiger partial charge in [0.05, 0.1) is 10.4 Å². The molecule has 3 N–H and O–H groups in total. The number of rotatable bonds is 4. The minimum atomic E-state index is -3.66. The van der Waals surface area contributed by atoms with Gasteiger partial charge < -0.3 is 5.32 Å². The Kier molecular flexibility index (Phi) is 4.21. The molecule has 1 heterocycles. The number of hydrogen-bond acceptors (Lipinski definition) is 4. The average Bonchev–Trinajstić information content (AvgIpc) is 2.52. The van der Waals surface area contributed by atoms with Crippen molar-refractivity contribution in [2.45, 2.75) is 11.4 Å². The Bertz CT molecular complexity index is 957. The lowest BCUT2D eigenvalue weighted by atomic mass is 10.1. The fourth-order valence-corrected chi connectivity index (χ4v) is 2.95. The van der Waals surface area contributed by atoms with Gasteiger partial charge >= 0.3 is 0 Å². The number of fused-ring (bicyclic) bond motifs is 1. The van der Waals surface area contributed by atoms with Gasteiger partial charge in [-0.05, 0) is 42.0 Å². The van der Waals surface area contributed by atoms with Crippen LogP contribution in [0.1, 0.15) is 5.56 Å². The van der Waals surface area contributed by atoms with E-state index in [2.05, 4.69) is 10.3 Å². The molecule has 0 atom stereocenters. The van der Waals surface area contributed by atoms with Crippen LogP contribution in [-0.4, -0.2) is 13.4 Å². The van der Waals surface area contributed by atoms with Crippen LogP contribution >= 0.6 is 11.6 Å². The Morgan fingerprint density at radius 3 is 2.52 bits per heavy atom. The predicted octanol–water partition coefficient (Wildman–Crippen LogP) is 3.15. The zero-order valence-corrected chi connectivity index (χ0v) is 13.6. The smallest absolute Gasteiger partial charge is 0.238 e. The SMILES string of the molecule is NS(=O)(=O)c1ccc(CNc2ccnc3ccc(Cl)cc23)cc1. The molecule has 0 bridgehead atoms. The van der Waals surface area contributed by atoms with Crippen LogP contribution in [0.5, 0.6) is 0 Å². The van der Waals surface area contributed by atoms with E-state index >= 15 is 0 Å². The molecule has 0 aliphatic carbocycles. The molecule has 0 saturated heterocycles. The molecule has 0 saturated carbocycles. The second-order valence-electron chi connectivity index (χ2n) is 5.06. The Morgan fingerprint density at radius 1 is 1.09 bits per heavy atom. The molecule has 0 fully saturated rings. The largest absolute Gasteiger partial charge is 0.380 e. The molecule has 0 aliphatic rings. The van der Waals surface area contributed by atoms with Crippen molar-refractivity contribution < 1.29 is 8.42 Å². The van der Waals surface area contributed by atoms with Gasteiger partial charge in [0, 0.05) is 28.8 Å². The first-order valence-electron chi connectivity index (χ1n) is 6.83. The highest BCUT2D eigenvalue weighted by Gasteiger charge is 2.07. The topological polar surface area (TPSA) is 85.1 Å². The van der Waals surface area contributed by atoms with E-state index in [0.717, 1.165) is 22.2 Å². The quantitative estimate of drug-likeness (QED) is 0.759. The fraction of sp³-hybridized carbons (Fsp3) is 0.0625. The van der Waals surface area contributed by atoms with Crippen molar-refractivity contribution in [2.24, 2.45) is 5.14 Å². The number of nitrogens with two attached hydrogens (primary N) is 1. The standard InChI is InChI=1S/C16H14ClN3O2S/c17-12-3-6-15-14(9-12)16(7-8-19-15)20-10-11-1-4-13(5-2-11)23(18,21)22/h1-9H,10H2,(H,19,20)(H2,18,21,22). The second-order valence-corrected chi connectivity index (χ2v) is 7.06. The third kappa shape index (κ3) is 3.61. The van der Waals surface area contributed by atoms with Gasteiger partial charge in [-0.3, -0.25) is 4.98 Å². The van der Waals surface area contributed by atoms with Crippen LogP contribution in [0.25, 0.3) is 10.9 Å². The number of primary sulfonamides is 1. The van der Waals surface area contributed by atoms with E-state index in [-0.39, 0.29) is 4.90 Å². The van der Waals surface area contributed by atoms with Crippen LogP contribution < -0.4 is 10.5 Å². The minimum Gasteiger partial charge on any atom is -0.380 e. The molecule has 2 aromatic carbocycles. The van der Waals surface area contributed by atoms with E-state index in [1.807, 2.05) is 18.2 Å². The summed E-state index contributed by atoms with van der Waals surface area (Å²) in [6.45, 7) is 0.538. The maximum Gasteiger partial charge on any atom is 0.238 e. The van der Waals surface area contributed by atoms with Gasteiger partial charge in [0.1, 0.15) is 0 Å². The number of benzene rings is 2. The zero-order valence-electron chi connectivity index (χ0n) is 12.0. The van der Waals surface area contributed by atoms with Crippen LogP contribution in [0.15, 0.2) is 59.6 Å². The lowest BCUT2D eigenvalue weighted by Crippen LogP contribution is -2.12. The first kappa shape index (κ1) is 15.7. The molecule has 0 aliphatic heterocycles. The van der Waals surface area contributed by atoms with E-state index in [1.165, 1.54) is 12.1 Å². The molecular weight excluding hydrogens is 334 g/mol. The summed E-state index contributed by atoms with van der Waals surface area (Å²) < 4.78 is 22.5. The zero-order chi connectivity index (χ0) is 16.4.